The van der Waals surface area contributed by atoms with E-state index < -0.39 is 0 Å². The van der Waals surface area contributed by atoms with E-state index in [1.807, 2.05) is 0 Å². The highest BCUT2D eigenvalue weighted by atomic mass is 16.5. The van der Waals surface area contributed by atoms with E-state index >= 15 is 0 Å². The standard InChI is InChI=1S/C24H25NO3/c26-14-16-28-15-13-25-22(27)6-2-3-17-7-8-20-10-9-18-4-1-5-19-11-12-21(17)24(20)23(18)19/h1,4-5,7-12,26H,2-3,6,13-16H2,(H,25,27). The monoisotopic (exact) mass is 375 g/mol. The number of rotatable bonds is 9. The van der Waals surface area contributed by atoms with Crippen molar-refractivity contribution in [2.75, 3.05) is 26.4 Å². The van der Waals surface area contributed by atoms with Gasteiger partial charge in [0.2, 0.25) is 5.91 Å². The first-order valence-electron chi connectivity index (χ1n) is 9.88. The molecule has 0 saturated carbocycles. The summed E-state index contributed by atoms with van der Waals surface area (Å²) in [7, 11) is 0. The van der Waals surface area contributed by atoms with Gasteiger partial charge in [-0.25, -0.2) is 0 Å². The lowest BCUT2D eigenvalue weighted by atomic mass is 9.90. The normalized spacial score (nSPS) is 11.6. The number of aliphatic hydroxyl groups is 1. The number of amides is 1. The average molecular weight is 375 g/mol. The Morgan fingerprint density at radius 1 is 0.893 bits per heavy atom. The van der Waals surface area contributed by atoms with Gasteiger partial charge in [-0.2, -0.15) is 0 Å². The molecule has 0 spiro atoms. The zero-order valence-electron chi connectivity index (χ0n) is 15.9. The highest BCUT2D eigenvalue weighted by Gasteiger charge is 2.11. The molecule has 0 radical (unpaired) electrons. The molecular formula is C24H25NO3. The predicted octanol–water partition coefficient (Wildman–Crippen LogP) is 4.03. The Kier molecular flexibility index (Phi) is 5.70. The third kappa shape index (κ3) is 3.79. The Balaban J connectivity index is 1.45. The van der Waals surface area contributed by atoms with Crippen LogP contribution in [0.5, 0.6) is 0 Å². The van der Waals surface area contributed by atoms with Crippen molar-refractivity contribution in [2.45, 2.75) is 19.3 Å². The van der Waals surface area contributed by atoms with Crippen molar-refractivity contribution < 1.29 is 14.6 Å². The van der Waals surface area contributed by atoms with Gasteiger partial charge in [-0.05, 0) is 50.7 Å². The largest absolute Gasteiger partial charge is 0.394 e. The molecule has 144 valence electrons. The van der Waals surface area contributed by atoms with E-state index in [-0.39, 0.29) is 12.5 Å². The molecule has 28 heavy (non-hydrogen) atoms. The van der Waals surface area contributed by atoms with Crippen LogP contribution in [-0.4, -0.2) is 37.4 Å². The second-order valence-corrected chi connectivity index (χ2v) is 7.12. The van der Waals surface area contributed by atoms with Crippen LogP contribution in [0.2, 0.25) is 0 Å². The van der Waals surface area contributed by atoms with Crippen LogP contribution in [0, 0.1) is 0 Å². The summed E-state index contributed by atoms with van der Waals surface area (Å²) in [6.45, 7) is 1.23. The van der Waals surface area contributed by atoms with Gasteiger partial charge in [0.15, 0.2) is 0 Å². The quantitative estimate of drug-likeness (QED) is 0.343. The summed E-state index contributed by atoms with van der Waals surface area (Å²) >= 11 is 0. The Bertz CT molecular complexity index is 1070. The van der Waals surface area contributed by atoms with Gasteiger partial charge in [0.1, 0.15) is 0 Å². The average Bonchev–Trinajstić information content (AvgIpc) is 2.72. The minimum Gasteiger partial charge on any atom is -0.394 e. The Morgan fingerprint density at radius 3 is 2.39 bits per heavy atom. The minimum absolute atomic E-state index is 0.00721. The maximum atomic E-state index is 12.0. The second-order valence-electron chi connectivity index (χ2n) is 7.12. The molecule has 0 saturated heterocycles. The van der Waals surface area contributed by atoms with Crippen LogP contribution < -0.4 is 5.32 Å². The summed E-state index contributed by atoms with van der Waals surface area (Å²) < 4.78 is 5.15. The number of carbonyl (C=O) groups is 1. The molecule has 2 N–H and O–H groups in total. The fourth-order valence-corrected chi connectivity index (χ4v) is 3.97. The first-order chi connectivity index (χ1) is 13.8. The number of nitrogens with one attached hydrogen (secondary N) is 1. The van der Waals surface area contributed by atoms with Crippen LogP contribution in [0.15, 0.2) is 54.6 Å². The van der Waals surface area contributed by atoms with Gasteiger partial charge >= 0.3 is 0 Å². The molecule has 4 heteroatoms. The SMILES string of the molecule is O=C(CCCc1ccc2ccc3cccc4ccc1c2c34)NCCOCCO. The molecule has 4 aromatic carbocycles. The predicted molar refractivity (Wildman–Crippen MR) is 114 cm³/mol. The number of aliphatic hydroxyl groups excluding tert-OH is 1. The smallest absolute Gasteiger partial charge is 0.220 e. The zero-order chi connectivity index (χ0) is 19.3. The molecule has 0 aliphatic heterocycles. The first kappa shape index (κ1) is 18.7. The Morgan fingerprint density at radius 2 is 1.61 bits per heavy atom. The highest BCUT2D eigenvalue weighted by Crippen LogP contribution is 2.36. The zero-order valence-corrected chi connectivity index (χ0v) is 15.9. The lowest BCUT2D eigenvalue weighted by Gasteiger charge is -2.14. The van der Waals surface area contributed by atoms with Gasteiger partial charge < -0.3 is 15.2 Å². The summed E-state index contributed by atoms with van der Waals surface area (Å²) in [5.41, 5.74) is 1.30. The molecule has 0 aromatic heterocycles. The van der Waals surface area contributed by atoms with Crippen molar-refractivity contribution in [1.82, 2.24) is 5.32 Å². The maximum absolute atomic E-state index is 12.0. The van der Waals surface area contributed by atoms with Crippen molar-refractivity contribution >= 4 is 38.2 Å². The van der Waals surface area contributed by atoms with Gasteiger partial charge in [0, 0.05) is 13.0 Å². The van der Waals surface area contributed by atoms with Crippen molar-refractivity contribution in [2.24, 2.45) is 0 Å². The summed E-state index contributed by atoms with van der Waals surface area (Å²) in [6.07, 6.45) is 2.19. The van der Waals surface area contributed by atoms with Crippen LogP contribution in [0.4, 0.5) is 0 Å². The van der Waals surface area contributed by atoms with E-state index in [0.29, 0.717) is 26.2 Å². The third-order valence-electron chi connectivity index (χ3n) is 5.27. The molecule has 4 aromatic rings. The number of benzene rings is 4. The summed E-state index contributed by atoms with van der Waals surface area (Å²) in [5.74, 6) is 0.0466. The van der Waals surface area contributed by atoms with Gasteiger partial charge in [-0.15, -0.1) is 0 Å². The van der Waals surface area contributed by atoms with Crippen molar-refractivity contribution in [3.8, 4) is 0 Å². The Hall–Kier alpha value is -2.69. The van der Waals surface area contributed by atoms with E-state index in [0.717, 1.165) is 12.8 Å². The lowest BCUT2D eigenvalue weighted by Crippen LogP contribution is -2.27. The van der Waals surface area contributed by atoms with Gasteiger partial charge in [0.25, 0.3) is 0 Å². The lowest BCUT2D eigenvalue weighted by molar-refractivity contribution is -0.121. The summed E-state index contributed by atoms with van der Waals surface area (Å²) in [6, 6.07) is 19.6. The highest BCUT2D eigenvalue weighted by molar-refractivity contribution is 6.23. The Labute approximate surface area is 164 Å². The number of aryl methyl sites for hydroxylation is 1. The first-order valence-corrected chi connectivity index (χ1v) is 9.88. The van der Waals surface area contributed by atoms with E-state index in [1.165, 1.54) is 37.9 Å². The fourth-order valence-electron chi connectivity index (χ4n) is 3.97. The number of hydrogen-bond acceptors (Lipinski definition) is 3. The number of hydrogen-bond donors (Lipinski definition) is 2. The minimum atomic E-state index is 0.00721. The van der Waals surface area contributed by atoms with E-state index in [2.05, 4.69) is 59.9 Å². The van der Waals surface area contributed by atoms with Crippen LogP contribution in [-0.2, 0) is 16.0 Å². The summed E-state index contributed by atoms with van der Waals surface area (Å²) in [5, 5.41) is 19.3. The van der Waals surface area contributed by atoms with Crippen molar-refractivity contribution in [3.05, 3.63) is 60.2 Å². The molecule has 4 rings (SSSR count). The van der Waals surface area contributed by atoms with Crippen LogP contribution in [0.3, 0.4) is 0 Å². The molecule has 0 heterocycles. The van der Waals surface area contributed by atoms with Crippen molar-refractivity contribution in [3.63, 3.8) is 0 Å². The molecule has 0 fully saturated rings. The topological polar surface area (TPSA) is 58.6 Å². The molecule has 0 atom stereocenters. The molecular weight excluding hydrogens is 350 g/mol. The number of ether oxygens (including phenoxy) is 1. The molecule has 0 aliphatic rings. The van der Waals surface area contributed by atoms with Gasteiger partial charge in [-0.1, -0.05) is 54.6 Å². The van der Waals surface area contributed by atoms with Crippen LogP contribution in [0.25, 0.3) is 32.3 Å². The van der Waals surface area contributed by atoms with Gasteiger partial charge in [-0.3, -0.25) is 4.79 Å². The molecule has 0 aliphatic carbocycles. The fraction of sp³-hybridized carbons (Fsp3) is 0.292. The molecule has 1 amide bonds. The van der Waals surface area contributed by atoms with Crippen molar-refractivity contribution in [1.29, 1.82) is 0 Å². The van der Waals surface area contributed by atoms with Crippen LogP contribution in [0.1, 0.15) is 18.4 Å². The van der Waals surface area contributed by atoms with E-state index in [1.54, 1.807) is 0 Å². The summed E-state index contributed by atoms with van der Waals surface area (Å²) in [4.78, 5) is 12.0. The molecule has 4 nitrogen and oxygen atoms in total. The van der Waals surface area contributed by atoms with E-state index in [9.17, 15) is 4.79 Å². The van der Waals surface area contributed by atoms with E-state index in [4.69, 9.17) is 9.84 Å². The third-order valence-corrected chi connectivity index (χ3v) is 5.27. The van der Waals surface area contributed by atoms with Crippen LogP contribution >= 0.6 is 0 Å². The maximum Gasteiger partial charge on any atom is 0.220 e. The second kappa shape index (κ2) is 8.55. The number of carbonyl (C=O) groups excluding carboxylic acids is 1. The van der Waals surface area contributed by atoms with Gasteiger partial charge in [0.05, 0.1) is 19.8 Å². The molecule has 0 unspecified atom stereocenters. The molecule has 0 bridgehead atoms.